The van der Waals surface area contributed by atoms with Crippen LogP contribution in [0, 0.1) is 11.8 Å². The van der Waals surface area contributed by atoms with Crippen LogP contribution in [0.1, 0.15) is 37.0 Å². The Morgan fingerprint density at radius 2 is 2.22 bits per heavy atom. The average Bonchev–Trinajstić information content (AvgIpc) is 2.86. The number of methoxy groups -OCH3 is 1. The first kappa shape index (κ1) is 13.1. The van der Waals surface area contributed by atoms with Gasteiger partial charge in [0, 0.05) is 6.04 Å². The zero-order valence-electron chi connectivity index (χ0n) is 10.9. The van der Waals surface area contributed by atoms with Crippen molar-refractivity contribution in [2.24, 2.45) is 11.8 Å². The lowest BCUT2D eigenvalue weighted by atomic mass is 9.98. The number of anilines is 2. The molecule has 0 spiro atoms. The molecule has 0 bridgehead atoms. The van der Waals surface area contributed by atoms with Gasteiger partial charge in [0.2, 0.25) is 0 Å². The number of ether oxygens (including phenoxy) is 1. The molecule has 6 heteroatoms. The molecule has 0 saturated heterocycles. The molecule has 0 aromatic carbocycles. The lowest BCUT2D eigenvalue weighted by molar-refractivity contribution is 0.0603. The van der Waals surface area contributed by atoms with Crippen molar-refractivity contribution in [3.05, 3.63) is 5.56 Å². The second-order valence-electron chi connectivity index (χ2n) is 4.93. The number of carbonyl (C=O) groups excluding carboxylic acids is 1. The minimum absolute atomic E-state index is 0.244. The minimum Gasteiger partial charge on any atom is -0.465 e. The molecule has 1 aliphatic carbocycles. The van der Waals surface area contributed by atoms with Gasteiger partial charge in [-0.25, -0.2) is 4.79 Å². The largest absolute Gasteiger partial charge is 0.465 e. The van der Waals surface area contributed by atoms with E-state index < -0.39 is 5.97 Å². The van der Waals surface area contributed by atoms with E-state index in [0.717, 1.165) is 11.4 Å². The Morgan fingerprint density at radius 1 is 1.50 bits per heavy atom. The summed E-state index contributed by atoms with van der Waals surface area (Å²) in [5, 5.41) is 4.13. The molecule has 2 rings (SSSR count). The molecule has 1 aromatic rings. The third kappa shape index (κ3) is 2.29. The van der Waals surface area contributed by atoms with Crippen LogP contribution in [0.25, 0.3) is 0 Å². The maximum Gasteiger partial charge on any atom is 0.344 e. The molecule has 0 aliphatic heterocycles. The van der Waals surface area contributed by atoms with Crippen molar-refractivity contribution in [1.29, 1.82) is 0 Å². The first-order valence-electron chi connectivity index (χ1n) is 6.14. The number of rotatable bonds is 3. The van der Waals surface area contributed by atoms with Crippen molar-refractivity contribution >= 4 is 28.3 Å². The standard InChI is InChI=1S/C12H19N3O2S/c1-6-4-5-8(7(6)2)14-11-9(12(16)17-3)10(13)15-18-11/h6-8,14H,4-5H2,1-3H3,(H2,13,15). The van der Waals surface area contributed by atoms with Gasteiger partial charge in [0.1, 0.15) is 10.6 Å². The predicted octanol–water partition coefficient (Wildman–Crippen LogP) is 2.36. The van der Waals surface area contributed by atoms with E-state index in [-0.39, 0.29) is 5.82 Å². The van der Waals surface area contributed by atoms with Crippen LogP contribution < -0.4 is 11.1 Å². The fourth-order valence-electron chi connectivity index (χ4n) is 2.44. The van der Waals surface area contributed by atoms with Crippen molar-refractivity contribution < 1.29 is 9.53 Å². The summed E-state index contributed by atoms with van der Waals surface area (Å²) >= 11 is 1.22. The molecule has 5 nitrogen and oxygen atoms in total. The molecule has 18 heavy (non-hydrogen) atoms. The summed E-state index contributed by atoms with van der Waals surface area (Å²) in [4.78, 5) is 11.7. The van der Waals surface area contributed by atoms with Crippen LogP contribution in [0.5, 0.6) is 0 Å². The SMILES string of the molecule is COC(=O)c1c(N)nsc1NC1CCC(C)C1C. The number of nitrogens with zero attached hydrogens (tertiary/aromatic N) is 1. The van der Waals surface area contributed by atoms with E-state index in [9.17, 15) is 4.79 Å². The smallest absolute Gasteiger partial charge is 0.344 e. The van der Waals surface area contributed by atoms with E-state index >= 15 is 0 Å². The highest BCUT2D eigenvalue weighted by atomic mass is 32.1. The van der Waals surface area contributed by atoms with Gasteiger partial charge in [0.15, 0.2) is 5.82 Å². The van der Waals surface area contributed by atoms with Crippen LogP contribution in [-0.4, -0.2) is 23.5 Å². The monoisotopic (exact) mass is 269 g/mol. The summed E-state index contributed by atoms with van der Waals surface area (Å²) in [6.45, 7) is 4.49. The molecule has 3 N–H and O–H groups in total. The van der Waals surface area contributed by atoms with Crippen molar-refractivity contribution in [3.8, 4) is 0 Å². The van der Waals surface area contributed by atoms with Gasteiger partial charge < -0.3 is 15.8 Å². The number of nitrogen functional groups attached to an aromatic ring is 1. The Kier molecular flexibility index (Phi) is 3.75. The van der Waals surface area contributed by atoms with Crippen molar-refractivity contribution in [2.75, 3.05) is 18.2 Å². The van der Waals surface area contributed by atoms with E-state index in [4.69, 9.17) is 10.5 Å². The Balaban J connectivity index is 2.17. The Bertz CT molecular complexity index is 447. The maximum atomic E-state index is 11.7. The average molecular weight is 269 g/mol. The summed E-state index contributed by atoms with van der Waals surface area (Å²) in [6, 6.07) is 0.378. The fraction of sp³-hybridized carbons (Fsp3) is 0.667. The Labute approximate surface area is 111 Å². The topological polar surface area (TPSA) is 77.2 Å². The quantitative estimate of drug-likeness (QED) is 0.824. The maximum absolute atomic E-state index is 11.7. The number of nitrogens with two attached hydrogens (primary N) is 1. The number of aromatic nitrogens is 1. The van der Waals surface area contributed by atoms with Crippen LogP contribution in [0.15, 0.2) is 0 Å². The number of esters is 1. The third-order valence-electron chi connectivity index (χ3n) is 3.89. The number of hydrogen-bond donors (Lipinski definition) is 2. The van der Waals surface area contributed by atoms with Gasteiger partial charge in [0.05, 0.1) is 7.11 Å². The first-order chi connectivity index (χ1) is 8.54. The second-order valence-corrected chi connectivity index (χ2v) is 5.70. The highest BCUT2D eigenvalue weighted by molar-refractivity contribution is 7.11. The molecule has 3 atom stereocenters. The molecule has 0 amide bonds. The molecule has 1 aliphatic rings. The normalized spacial score (nSPS) is 27.2. The minimum atomic E-state index is -0.428. The Morgan fingerprint density at radius 3 is 2.78 bits per heavy atom. The number of carbonyl (C=O) groups is 1. The molecule has 1 saturated carbocycles. The van der Waals surface area contributed by atoms with Gasteiger partial charge in [-0.05, 0) is 36.2 Å². The van der Waals surface area contributed by atoms with Crippen molar-refractivity contribution in [2.45, 2.75) is 32.7 Å². The van der Waals surface area contributed by atoms with Crippen molar-refractivity contribution in [3.63, 3.8) is 0 Å². The summed E-state index contributed by atoms with van der Waals surface area (Å²) < 4.78 is 8.76. The van der Waals surface area contributed by atoms with Crippen molar-refractivity contribution in [1.82, 2.24) is 4.37 Å². The van der Waals surface area contributed by atoms with Gasteiger partial charge in [-0.15, -0.1) is 0 Å². The van der Waals surface area contributed by atoms with Gasteiger partial charge in [-0.1, -0.05) is 13.8 Å². The summed E-state index contributed by atoms with van der Waals surface area (Å²) in [5.41, 5.74) is 6.08. The molecule has 1 aromatic heterocycles. The van der Waals surface area contributed by atoms with Crippen LogP contribution in [0.4, 0.5) is 10.8 Å². The highest BCUT2D eigenvalue weighted by Crippen LogP contribution is 2.36. The number of nitrogens with one attached hydrogen (secondary N) is 1. The zero-order valence-corrected chi connectivity index (χ0v) is 11.7. The zero-order chi connectivity index (χ0) is 13.3. The van der Waals surface area contributed by atoms with Gasteiger partial charge in [-0.2, -0.15) is 4.37 Å². The van der Waals surface area contributed by atoms with Gasteiger partial charge >= 0.3 is 5.97 Å². The van der Waals surface area contributed by atoms with E-state index in [1.807, 2.05) is 0 Å². The molecule has 1 fully saturated rings. The van der Waals surface area contributed by atoms with E-state index in [1.165, 1.54) is 25.1 Å². The van der Waals surface area contributed by atoms with E-state index in [1.54, 1.807) is 0 Å². The number of hydrogen-bond acceptors (Lipinski definition) is 6. The summed E-state index contributed by atoms with van der Waals surface area (Å²) in [6.07, 6.45) is 2.32. The summed E-state index contributed by atoms with van der Waals surface area (Å²) in [7, 11) is 1.35. The molecular weight excluding hydrogens is 250 g/mol. The lowest BCUT2D eigenvalue weighted by Crippen LogP contribution is -2.24. The van der Waals surface area contributed by atoms with Gasteiger partial charge in [-0.3, -0.25) is 0 Å². The van der Waals surface area contributed by atoms with E-state index in [2.05, 4.69) is 23.5 Å². The molecule has 0 radical (unpaired) electrons. The molecule has 3 unspecified atom stereocenters. The fourth-order valence-corrected chi connectivity index (χ4v) is 3.20. The third-order valence-corrected chi connectivity index (χ3v) is 4.68. The van der Waals surface area contributed by atoms with E-state index in [0.29, 0.717) is 23.4 Å². The van der Waals surface area contributed by atoms with Crippen LogP contribution in [-0.2, 0) is 4.74 Å². The molecule has 1 heterocycles. The second kappa shape index (κ2) is 5.14. The lowest BCUT2D eigenvalue weighted by Gasteiger charge is -2.20. The highest BCUT2D eigenvalue weighted by Gasteiger charge is 2.31. The first-order valence-corrected chi connectivity index (χ1v) is 6.92. The predicted molar refractivity (Wildman–Crippen MR) is 72.8 cm³/mol. The van der Waals surface area contributed by atoms with Crippen LogP contribution in [0.2, 0.25) is 0 Å². The molecular formula is C12H19N3O2S. The van der Waals surface area contributed by atoms with Crippen LogP contribution in [0.3, 0.4) is 0 Å². The van der Waals surface area contributed by atoms with Crippen LogP contribution >= 0.6 is 11.5 Å². The van der Waals surface area contributed by atoms with Gasteiger partial charge in [0.25, 0.3) is 0 Å². The molecule has 100 valence electrons. The summed E-state index contributed by atoms with van der Waals surface area (Å²) in [5.74, 6) is 1.10. The Hall–Kier alpha value is -1.30.